The van der Waals surface area contributed by atoms with Crippen LogP contribution < -0.4 is 16.2 Å². The average Bonchev–Trinajstić information content (AvgIpc) is 2.98. The maximum Gasteiger partial charge on any atom is 0.157 e. The second-order valence-electron chi connectivity index (χ2n) is 5.14. The number of hydrazine groups is 1. The first-order chi connectivity index (χ1) is 11.0. The van der Waals surface area contributed by atoms with E-state index in [0.717, 1.165) is 30.2 Å². The van der Waals surface area contributed by atoms with Crippen LogP contribution in [0.4, 0.5) is 11.5 Å². The summed E-state index contributed by atoms with van der Waals surface area (Å²) in [4.78, 5) is 13.1. The van der Waals surface area contributed by atoms with Gasteiger partial charge in [-0.25, -0.2) is 15.0 Å². The molecule has 23 heavy (non-hydrogen) atoms. The minimum absolute atomic E-state index is 0.365. The van der Waals surface area contributed by atoms with E-state index in [2.05, 4.69) is 20.4 Å². The molecule has 1 aromatic carbocycles. The third-order valence-corrected chi connectivity index (χ3v) is 4.13. The molecular weight excluding hydrogens is 335 g/mol. The van der Waals surface area contributed by atoms with Crippen LogP contribution in [0.1, 0.15) is 17.9 Å². The van der Waals surface area contributed by atoms with E-state index in [-0.39, 0.29) is 0 Å². The Morgan fingerprint density at radius 1 is 1.26 bits per heavy atom. The summed E-state index contributed by atoms with van der Waals surface area (Å²) >= 11 is 12.0. The molecule has 1 aliphatic heterocycles. The number of amidine groups is 1. The molecule has 6 nitrogen and oxygen atoms in total. The fraction of sp³-hybridized carbons (Fsp3) is 0.267. The zero-order valence-electron chi connectivity index (χ0n) is 12.6. The summed E-state index contributed by atoms with van der Waals surface area (Å²) < 4.78 is 0. The number of hydrogen-bond acceptors (Lipinski definition) is 5. The fourth-order valence-electron chi connectivity index (χ4n) is 2.33. The third-order valence-electron chi connectivity index (χ3n) is 3.39. The standard InChI is InChI=1S/C15H16Cl2N6/c1-9-19-10(8-18)6-15(20-9)21-14-4-5-23(22-14)11-2-3-12(16)13(17)7-11/h2-3,6-7H,4-5,8,18H2,1H3,(H,19,20,21,22). The number of aromatic nitrogens is 2. The number of hydrogen-bond donors (Lipinski definition) is 2. The Kier molecular flexibility index (Phi) is 4.66. The van der Waals surface area contributed by atoms with Crippen molar-refractivity contribution in [3.8, 4) is 0 Å². The highest BCUT2D eigenvalue weighted by Gasteiger charge is 2.18. The van der Waals surface area contributed by atoms with Crippen molar-refractivity contribution in [2.45, 2.75) is 19.9 Å². The zero-order valence-corrected chi connectivity index (χ0v) is 14.1. The summed E-state index contributed by atoms with van der Waals surface area (Å²) in [5, 5.41) is 3.03. The minimum Gasteiger partial charge on any atom is -0.325 e. The molecule has 2 aromatic rings. The van der Waals surface area contributed by atoms with Gasteiger partial charge in [-0.2, -0.15) is 0 Å². The van der Waals surface area contributed by atoms with Crippen molar-refractivity contribution in [1.82, 2.24) is 15.4 Å². The highest BCUT2D eigenvalue weighted by Crippen LogP contribution is 2.27. The molecule has 1 aliphatic rings. The molecule has 2 heterocycles. The summed E-state index contributed by atoms with van der Waals surface area (Å²) in [6.07, 6.45) is 0.779. The van der Waals surface area contributed by atoms with E-state index in [9.17, 15) is 0 Å². The van der Waals surface area contributed by atoms with Crippen LogP contribution in [0.25, 0.3) is 0 Å². The summed E-state index contributed by atoms with van der Waals surface area (Å²) in [6, 6.07) is 7.30. The van der Waals surface area contributed by atoms with Gasteiger partial charge < -0.3 is 5.73 Å². The Balaban J connectivity index is 1.79. The first-order valence-corrected chi connectivity index (χ1v) is 7.92. The number of aryl methyl sites for hydroxylation is 1. The predicted molar refractivity (Wildman–Crippen MR) is 93.3 cm³/mol. The smallest absolute Gasteiger partial charge is 0.157 e. The van der Waals surface area contributed by atoms with Crippen molar-refractivity contribution < 1.29 is 0 Å². The molecule has 0 aliphatic carbocycles. The molecular formula is C15H16Cl2N6. The predicted octanol–water partition coefficient (Wildman–Crippen LogP) is 3.00. The maximum atomic E-state index is 6.06. The molecule has 0 unspecified atom stereocenters. The number of nitrogens with two attached hydrogens (primary N) is 1. The van der Waals surface area contributed by atoms with E-state index in [0.29, 0.717) is 28.2 Å². The van der Waals surface area contributed by atoms with Crippen LogP contribution in [-0.2, 0) is 6.54 Å². The summed E-state index contributed by atoms with van der Waals surface area (Å²) in [6.45, 7) is 2.97. The highest BCUT2D eigenvalue weighted by atomic mass is 35.5. The monoisotopic (exact) mass is 350 g/mol. The number of anilines is 1. The second-order valence-corrected chi connectivity index (χ2v) is 5.95. The van der Waals surface area contributed by atoms with Gasteiger partial charge in [0.05, 0.1) is 21.4 Å². The Labute approximate surface area is 144 Å². The number of nitrogens with one attached hydrogen (secondary N) is 1. The summed E-state index contributed by atoms with van der Waals surface area (Å²) in [7, 11) is 0. The van der Waals surface area contributed by atoms with E-state index in [1.54, 1.807) is 12.1 Å². The molecule has 0 atom stereocenters. The SMILES string of the molecule is Cc1nc(CN)cc(N=C2CCN(c3ccc(Cl)c(Cl)c3)N2)n1. The van der Waals surface area contributed by atoms with Crippen molar-refractivity contribution >= 4 is 40.5 Å². The van der Waals surface area contributed by atoms with E-state index in [4.69, 9.17) is 28.9 Å². The largest absolute Gasteiger partial charge is 0.325 e. The molecule has 1 fully saturated rings. The van der Waals surface area contributed by atoms with Crippen molar-refractivity contribution in [3.05, 3.63) is 45.8 Å². The maximum absolute atomic E-state index is 6.06. The van der Waals surface area contributed by atoms with Crippen LogP contribution in [0.2, 0.25) is 10.0 Å². The number of rotatable bonds is 3. The van der Waals surface area contributed by atoms with Crippen molar-refractivity contribution in [2.24, 2.45) is 10.7 Å². The van der Waals surface area contributed by atoms with Crippen molar-refractivity contribution in [2.75, 3.05) is 11.6 Å². The average molecular weight is 351 g/mol. The molecule has 3 N–H and O–H groups in total. The molecule has 0 spiro atoms. The van der Waals surface area contributed by atoms with Crippen LogP contribution in [0.5, 0.6) is 0 Å². The number of benzene rings is 1. The van der Waals surface area contributed by atoms with Gasteiger partial charge in [-0.1, -0.05) is 23.2 Å². The lowest BCUT2D eigenvalue weighted by molar-refractivity contribution is 0.857. The summed E-state index contributed by atoms with van der Waals surface area (Å²) in [5.74, 6) is 2.10. The minimum atomic E-state index is 0.365. The van der Waals surface area contributed by atoms with Gasteiger partial charge in [0.1, 0.15) is 11.7 Å². The molecule has 1 aromatic heterocycles. The Bertz CT molecular complexity index is 762. The van der Waals surface area contributed by atoms with Gasteiger partial charge in [0.2, 0.25) is 0 Å². The topological polar surface area (TPSA) is 79.4 Å². The molecule has 0 amide bonds. The lowest BCUT2D eigenvalue weighted by Crippen LogP contribution is -2.33. The lowest BCUT2D eigenvalue weighted by Gasteiger charge is -2.18. The van der Waals surface area contributed by atoms with Gasteiger partial charge >= 0.3 is 0 Å². The van der Waals surface area contributed by atoms with Gasteiger partial charge in [0.15, 0.2) is 5.82 Å². The number of aliphatic imine (C=N–C) groups is 1. The molecule has 0 bridgehead atoms. The van der Waals surface area contributed by atoms with Gasteiger partial charge in [-0.3, -0.25) is 10.4 Å². The van der Waals surface area contributed by atoms with Gasteiger partial charge in [-0.15, -0.1) is 0 Å². The summed E-state index contributed by atoms with van der Waals surface area (Å²) in [5.41, 5.74) is 10.6. The van der Waals surface area contributed by atoms with Gasteiger partial charge in [0.25, 0.3) is 0 Å². The van der Waals surface area contributed by atoms with Crippen molar-refractivity contribution in [3.63, 3.8) is 0 Å². The Hall–Kier alpha value is -1.89. The van der Waals surface area contributed by atoms with E-state index < -0.39 is 0 Å². The first-order valence-electron chi connectivity index (χ1n) is 7.16. The third kappa shape index (κ3) is 3.72. The Morgan fingerprint density at radius 2 is 2.09 bits per heavy atom. The fourth-order valence-corrected chi connectivity index (χ4v) is 2.62. The highest BCUT2D eigenvalue weighted by molar-refractivity contribution is 6.42. The van der Waals surface area contributed by atoms with Gasteiger partial charge in [0, 0.05) is 25.6 Å². The van der Waals surface area contributed by atoms with Crippen LogP contribution in [0, 0.1) is 6.92 Å². The van der Waals surface area contributed by atoms with E-state index in [1.165, 1.54) is 0 Å². The van der Waals surface area contributed by atoms with E-state index in [1.807, 2.05) is 24.1 Å². The Morgan fingerprint density at radius 3 is 2.83 bits per heavy atom. The quantitative estimate of drug-likeness (QED) is 0.889. The normalized spacial score (nSPS) is 16.0. The van der Waals surface area contributed by atoms with E-state index >= 15 is 0 Å². The van der Waals surface area contributed by atoms with Crippen molar-refractivity contribution in [1.29, 1.82) is 0 Å². The molecule has 0 saturated carbocycles. The molecule has 1 saturated heterocycles. The first kappa shape index (κ1) is 16.0. The van der Waals surface area contributed by atoms with Gasteiger partial charge in [-0.05, 0) is 25.1 Å². The molecule has 3 rings (SSSR count). The zero-order chi connectivity index (χ0) is 16.4. The number of nitrogens with zero attached hydrogens (tertiary/aromatic N) is 4. The van der Waals surface area contributed by atoms with Crippen LogP contribution in [0.3, 0.4) is 0 Å². The van der Waals surface area contributed by atoms with Crippen LogP contribution in [0.15, 0.2) is 29.3 Å². The lowest BCUT2D eigenvalue weighted by atomic mass is 10.3. The molecule has 0 radical (unpaired) electrons. The van der Waals surface area contributed by atoms with Crippen LogP contribution >= 0.6 is 23.2 Å². The second kappa shape index (κ2) is 6.70. The molecule has 8 heteroatoms. The molecule has 120 valence electrons. The van der Waals surface area contributed by atoms with Crippen LogP contribution in [-0.4, -0.2) is 22.3 Å². The number of halogens is 2.